The smallest absolute Gasteiger partial charge is 0.244 e. The molecular formula is C21H27N5O2. The molecule has 1 aromatic carbocycles. The number of hydrogen-bond acceptors (Lipinski definition) is 5. The van der Waals surface area contributed by atoms with Gasteiger partial charge in [0.25, 0.3) is 0 Å². The number of carbonyl (C=O) groups excluding carboxylic acids is 2. The van der Waals surface area contributed by atoms with Crippen LogP contribution in [-0.2, 0) is 22.6 Å². The minimum atomic E-state index is -0.515. The fourth-order valence-electron chi connectivity index (χ4n) is 3.44. The number of carbonyl (C=O) groups is 2. The molecule has 1 aliphatic rings. The molecule has 28 heavy (non-hydrogen) atoms. The molecule has 1 aromatic heterocycles. The van der Waals surface area contributed by atoms with Crippen LogP contribution in [0.25, 0.3) is 0 Å². The van der Waals surface area contributed by atoms with Crippen LogP contribution in [0, 0.1) is 0 Å². The van der Waals surface area contributed by atoms with Gasteiger partial charge in [-0.3, -0.25) is 19.5 Å². The van der Waals surface area contributed by atoms with E-state index in [0.717, 1.165) is 24.2 Å². The molecule has 148 valence electrons. The number of amides is 2. The summed E-state index contributed by atoms with van der Waals surface area (Å²) in [5, 5.41) is 2.84. The van der Waals surface area contributed by atoms with Crippen LogP contribution in [0.2, 0.25) is 0 Å². The van der Waals surface area contributed by atoms with Crippen molar-refractivity contribution in [3.63, 3.8) is 0 Å². The Kier molecular flexibility index (Phi) is 7.11. The highest BCUT2D eigenvalue weighted by Gasteiger charge is 2.35. The Bertz CT molecular complexity index is 769. The molecule has 3 N–H and O–H groups in total. The van der Waals surface area contributed by atoms with Crippen molar-refractivity contribution in [1.82, 2.24) is 20.1 Å². The zero-order valence-corrected chi connectivity index (χ0v) is 16.0. The molecule has 1 atom stereocenters. The SMILES string of the molecule is NCCNC(=O)C1CN(Cc2ccncc2)CCN1C(=O)Cc1ccccc1. The summed E-state index contributed by atoms with van der Waals surface area (Å²) in [5.41, 5.74) is 7.61. The molecule has 0 radical (unpaired) electrons. The summed E-state index contributed by atoms with van der Waals surface area (Å²) in [4.78, 5) is 33.6. The van der Waals surface area contributed by atoms with E-state index in [4.69, 9.17) is 5.73 Å². The van der Waals surface area contributed by atoms with Crippen molar-refractivity contribution in [2.45, 2.75) is 19.0 Å². The average Bonchev–Trinajstić information content (AvgIpc) is 2.73. The summed E-state index contributed by atoms with van der Waals surface area (Å²) in [6.45, 7) is 3.25. The minimum absolute atomic E-state index is 0.0253. The van der Waals surface area contributed by atoms with Crippen LogP contribution in [0.15, 0.2) is 54.9 Å². The molecule has 0 bridgehead atoms. The van der Waals surface area contributed by atoms with Crippen molar-refractivity contribution in [2.24, 2.45) is 5.73 Å². The van der Waals surface area contributed by atoms with Gasteiger partial charge in [0, 0.05) is 51.7 Å². The van der Waals surface area contributed by atoms with Gasteiger partial charge in [0.05, 0.1) is 6.42 Å². The predicted molar refractivity (Wildman–Crippen MR) is 107 cm³/mol. The van der Waals surface area contributed by atoms with Crippen molar-refractivity contribution in [1.29, 1.82) is 0 Å². The third-order valence-electron chi connectivity index (χ3n) is 4.88. The number of nitrogens with zero attached hydrogens (tertiary/aromatic N) is 3. The van der Waals surface area contributed by atoms with Gasteiger partial charge in [-0.25, -0.2) is 0 Å². The molecule has 0 saturated carbocycles. The molecule has 7 heteroatoms. The minimum Gasteiger partial charge on any atom is -0.353 e. The van der Waals surface area contributed by atoms with Gasteiger partial charge in [0.15, 0.2) is 0 Å². The molecule has 2 aromatic rings. The highest BCUT2D eigenvalue weighted by atomic mass is 16.2. The first-order valence-corrected chi connectivity index (χ1v) is 9.60. The number of aromatic nitrogens is 1. The molecule has 3 rings (SSSR count). The number of nitrogens with one attached hydrogen (secondary N) is 1. The summed E-state index contributed by atoms with van der Waals surface area (Å²) in [7, 11) is 0. The van der Waals surface area contributed by atoms with E-state index >= 15 is 0 Å². The van der Waals surface area contributed by atoms with Crippen LogP contribution in [0.1, 0.15) is 11.1 Å². The first-order valence-electron chi connectivity index (χ1n) is 9.60. The quantitative estimate of drug-likeness (QED) is 0.725. The third kappa shape index (κ3) is 5.37. The summed E-state index contributed by atoms with van der Waals surface area (Å²) in [6, 6.07) is 13.0. The number of nitrogens with two attached hydrogens (primary N) is 1. The fourth-order valence-corrected chi connectivity index (χ4v) is 3.44. The summed E-state index contributed by atoms with van der Waals surface area (Å²) in [6.07, 6.45) is 3.83. The second-order valence-electron chi connectivity index (χ2n) is 6.94. The Morgan fingerprint density at radius 3 is 2.54 bits per heavy atom. The summed E-state index contributed by atoms with van der Waals surface area (Å²) in [5.74, 6) is -0.172. The van der Waals surface area contributed by atoms with Crippen LogP contribution in [0.3, 0.4) is 0 Å². The second kappa shape index (κ2) is 9.96. The molecule has 0 aliphatic carbocycles. The highest BCUT2D eigenvalue weighted by Crippen LogP contribution is 2.15. The zero-order chi connectivity index (χ0) is 19.8. The van der Waals surface area contributed by atoms with Crippen LogP contribution in [0.5, 0.6) is 0 Å². The first-order chi connectivity index (χ1) is 13.7. The molecule has 1 aliphatic heterocycles. The van der Waals surface area contributed by atoms with E-state index in [1.54, 1.807) is 17.3 Å². The monoisotopic (exact) mass is 381 g/mol. The van der Waals surface area contributed by atoms with Gasteiger partial charge in [-0.15, -0.1) is 0 Å². The molecule has 1 saturated heterocycles. The topological polar surface area (TPSA) is 91.6 Å². The lowest BCUT2D eigenvalue weighted by molar-refractivity contribution is -0.143. The molecule has 2 heterocycles. The van der Waals surface area contributed by atoms with Crippen molar-refractivity contribution >= 4 is 11.8 Å². The maximum Gasteiger partial charge on any atom is 0.244 e. The number of rotatable bonds is 7. The first kappa shape index (κ1) is 20.0. The zero-order valence-electron chi connectivity index (χ0n) is 16.0. The lowest BCUT2D eigenvalue weighted by Crippen LogP contribution is -2.60. The van der Waals surface area contributed by atoms with Gasteiger partial charge >= 0.3 is 0 Å². The van der Waals surface area contributed by atoms with Gasteiger partial charge in [-0.2, -0.15) is 0 Å². The van der Waals surface area contributed by atoms with Crippen LogP contribution < -0.4 is 11.1 Å². The molecular weight excluding hydrogens is 354 g/mol. The van der Waals surface area contributed by atoms with E-state index in [1.165, 1.54) is 0 Å². The standard InChI is InChI=1S/C21H27N5O2/c22-8-11-24-21(28)19-16-25(15-18-6-9-23-10-7-18)12-13-26(19)20(27)14-17-4-2-1-3-5-17/h1-7,9-10,19H,8,11-16,22H2,(H,24,28). The predicted octanol–water partition coefficient (Wildman–Crippen LogP) is 0.412. The largest absolute Gasteiger partial charge is 0.353 e. The normalized spacial score (nSPS) is 17.3. The van der Waals surface area contributed by atoms with Gasteiger partial charge in [0.2, 0.25) is 11.8 Å². The van der Waals surface area contributed by atoms with Crippen LogP contribution >= 0.6 is 0 Å². The fraction of sp³-hybridized carbons (Fsp3) is 0.381. The van der Waals surface area contributed by atoms with E-state index in [9.17, 15) is 9.59 Å². The van der Waals surface area contributed by atoms with Gasteiger partial charge < -0.3 is 16.0 Å². The lowest BCUT2D eigenvalue weighted by atomic mass is 10.1. The number of pyridine rings is 1. The Morgan fingerprint density at radius 2 is 1.82 bits per heavy atom. The highest BCUT2D eigenvalue weighted by molar-refractivity contribution is 5.89. The molecule has 1 unspecified atom stereocenters. The van der Waals surface area contributed by atoms with Crippen molar-refractivity contribution in [3.8, 4) is 0 Å². The average molecular weight is 381 g/mol. The summed E-state index contributed by atoms with van der Waals surface area (Å²) >= 11 is 0. The van der Waals surface area contributed by atoms with E-state index < -0.39 is 6.04 Å². The summed E-state index contributed by atoms with van der Waals surface area (Å²) < 4.78 is 0. The number of hydrogen-bond donors (Lipinski definition) is 2. The van der Waals surface area contributed by atoms with E-state index in [1.807, 2.05) is 42.5 Å². The van der Waals surface area contributed by atoms with Crippen molar-refractivity contribution in [2.75, 3.05) is 32.7 Å². The lowest BCUT2D eigenvalue weighted by Gasteiger charge is -2.40. The molecule has 1 fully saturated rings. The van der Waals surface area contributed by atoms with E-state index in [2.05, 4.69) is 15.2 Å². The van der Waals surface area contributed by atoms with Crippen LogP contribution in [-0.4, -0.2) is 65.4 Å². The van der Waals surface area contributed by atoms with Crippen molar-refractivity contribution in [3.05, 3.63) is 66.0 Å². The number of benzene rings is 1. The maximum atomic E-state index is 12.9. The third-order valence-corrected chi connectivity index (χ3v) is 4.88. The Morgan fingerprint density at radius 1 is 1.07 bits per heavy atom. The second-order valence-corrected chi connectivity index (χ2v) is 6.94. The number of piperazine rings is 1. The van der Waals surface area contributed by atoms with Crippen molar-refractivity contribution < 1.29 is 9.59 Å². The van der Waals surface area contributed by atoms with Gasteiger partial charge in [-0.05, 0) is 23.3 Å². The van der Waals surface area contributed by atoms with Crippen LogP contribution in [0.4, 0.5) is 0 Å². The van der Waals surface area contributed by atoms with Gasteiger partial charge in [-0.1, -0.05) is 30.3 Å². The van der Waals surface area contributed by atoms with Gasteiger partial charge in [0.1, 0.15) is 6.04 Å². The Labute approximate surface area is 165 Å². The molecule has 2 amide bonds. The molecule has 0 spiro atoms. The Balaban J connectivity index is 1.69. The maximum absolute atomic E-state index is 12.9. The van der Waals surface area contributed by atoms with E-state index in [0.29, 0.717) is 32.6 Å². The Hall–Kier alpha value is -2.77. The van der Waals surface area contributed by atoms with E-state index in [-0.39, 0.29) is 11.8 Å². The molecule has 7 nitrogen and oxygen atoms in total.